The fourth-order valence-corrected chi connectivity index (χ4v) is 5.00. The molecule has 5 rings (SSSR count). The molecule has 0 aliphatic carbocycles. The Kier molecular flexibility index (Phi) is 5.78. The van der Waals surface area contributed by atoms with Crippen LogP contribution in [0.1, 0.15) is 24.9 Å². The number of sulfone groups is 1. The summed E-state index contributed by atoms with van der Waals surface area (Å²) >= 11 is 0. The number of carbonyl (C=O) groups excluding carboxylic acids is 1. The quantitative estimate of drug-likeness (QED) is 0.437. The van der Waals surface area contributed by atoms with Crippen LogP contribution < -0.4 is 4.74 Å². The fraction of sp³-hybridized carbons (Fsp3) is 0.240. The highest BCUT2D eigenvalue weighted by atomic mass is 32.2. The van der Waals surface area contributed by atoms with Gasteiger partial charge < -0.3 is 19.7 Å². The van der Waals surface area contributed by atoms with E-state index >= 15 is 0 Å². The van der Waals surface area contributed by atoms with E-state index in [0.717, 1.165) is 11.8 Å². The number of fused-ring (bicyclic) bond motifs is 1. The van der Waals surface area contributed by atoms with E-state index in [2.05, 4.69) is 15.0 Å². The van der Waals surface area contributed by atoms with Crippen LogP contribution in [0.4, 0.5) is 0 Å². The van der Waals surface area contributed by atoms with Crippen LogP contribution in [0.2, 0.25) is 0 Å². The first kappa shape index (κ1) is 23.0. The van der Waals surface area contributed by atoms with Crippen LogP contribution in [-0.2, 0) is 14.6 Å². The molecule has 2 N–H and O–H groups in total. The van der Waals surface area contributed by atoms with E-state index in [1.54, 1.807) is 29.3 Å². The van der Waals surface area contributed by atoms with Crippen molar-refractivity contribution >= 4 is 26.8 Å². The van der Waals surface area contributed by atoms with Gasteiger partial charge in [0.2, 0.25) is 5.91 Å². The first-order valence-corrected chi connectivity index (χ1v) is 13.0. The van der Waals surface area contributed by atoms with Crippen molar-refractivity contribution in [1.82, 2.24) is 19.9 Å². The van der Waals surface area contributed by atoms with E-state index in [1.807, 2.05) is 24.3 Å². The van der Waals surface area contributed by atoms with E-state index in [-0.39, 0.29) is 17.3 Å². The van der Waals surface area contributed by atoms with E-state index < -0.39 is 22.0 Å². The summed E-state index contributed by atoms with van der Waals surface area (Å²) in [4.78, 5) is 26.4. The zero-order valence-electron chi connectivity index (χ0n) is 19.2. The number of imidazole rings is 1. The molecule has 0 saturated carbocycles. The van der Waals surface area contributed by atoms with Crippen molar-refractivity contribution in [2.24, 2.45) is 0 Å². The number of nitrogens with zero attached hydrogens (tertiary/aromatic N) is 3. The molecular weight excluding hydrogens is 468 g/mol. The van der Waals surface area contributed by atoms with Crippen LogP contribution in [0.3, 0.4) is 0 Å². The highest BCUT2D eigenvalue weighted by molar-refractivity contribution is 7.90. The predicted molar refractivity (Wildman–Crippen MR) is 130 cm³/mol. The summed E-state index contributed by atoms with van der Waals surface area (Å²) in [6.45, 7) is 1.71. The van der Waals surface area contributed by atoms with E-state index in [0.29, 0.717) is 40.5 Å². The molecule has 2 aromatic carbocycles. The second-order valence-electron chi connectivity index (χ2n) is 8.63. The minimum absolute atomic E-state index is 0.145. The van der Waals surface area contributed by atoms with Gasteiger partial charge >= 0.3 is 0 Å². The molecule has 1 amide bonds. The number of hydrogen-bond donors (Lipinski definition) is 2. The van der Waals surface area contributed by atoms with Crippen molar-refractivity contribution in [2.75, 3.05) is 12.8 Å². The highest BCUT2D eigenvalue weighted by Gasteiger charge is 2.36. The molecule has 3 heterocycles. The lowest BCUT2D eigenvalue weighted by Crippen LogP contribution is -2.29. The minimum atomic E-state index is -3.34. The lowest BCUT2D eigenvalue weighted by molar-refractivity contribution is -0.130. The number of benzene rings is 2. The van der Waals surface area contributed by atoms with Crippen molar-refractivity contribution in [3.63, 3.8) is 0 Å². The lowest BCUT2D eigenvalue weighted by atomic mass is 10.0. The Morgan fingerprint density at radius 1 is 1.17 bits per heavy atom. The van der Waals surface area contributed by atoms with Crippen LogP contribution >= 0.6 is 0 Å². The second-order valence-corrected chi connectivity index (χ2v) is 10.6. The summed E-state index contributed by atoms with van der Waals surface area (Å²) in [5.74, 6) is 1.35. The largest absolute Gasteiger partial charge is 0.457 e. The molecule has 10 heteroatoms. The number of pyridine rings is 1. The number of β-amino-alcohol motifs (C(OH)–C–C–N with tert-alkyl or cyclic N) is 1. The summed E-state index contributed by atoms with van der Waals surface area (Å²) in [7, 11) is -3.34. The molecule has 4 aromatic rings. The van der Waals surface area contributed by atoms with Crippen LogP contribution in [0.25, 0.3) is 22.6 Å². The Morgan fingerprint density at radius 3 is 2.60 bits per heavy atom. The number of rotatable bonds is 5. The van der Waals surface area contributed by atoms with Gasteiger partial charge in [-0.05, 0) is 48.9 Å². The van der Waals surface area contributed by atoms with Crippen molar-refractivity contribution in [1.29, 1.82) is 0 Å². The normalized spacial score (nSPS) is 18.2. The number of likely N-dealkylation sites (tertiary alicyclic amines) is 1. The van der Waals surface area contributed by atoms with Gasteiger partial charge in [-0.3, -0.25) is 9.78 Å². The van der Waals surface area contributed by atoms with Crippen molar-refractivity contribution in [3.05, 3.63) is 66.4 Å². The number of ether oxygens (including phenoxy) is 1. The topological polar surface area (TPSA) is 125 Å². The summed E-state index contributed by atoms with van der Waals surface area (Å²) in [5.41, 5.74) is 2.79. The average molecular weight is 493 g/mol. The fourth-order valence-electron chi connectivity index (χ4n) is 4.37. The van der Waals surface area contributed by atoms with Crippen LogP contribution in [0.5, 0.6) is 11.5 Å². The molecule has 35 heavy (non-hydrogen) atoms. The van der Waals surface area contributed by atoms with Crippen molar-refractivity contribution < 1.29 is 23.1 Å². The molecule has 1 aliphatic rings. The number of carbonyl (C=O) groups is 1. The number of hydrogen-bond acceptors (Lipinski definition) is 7. The Bertz CT molecular complexity index is 1500. The van der Waals surface area contributed by atoms with E-state index in [9.17, 15) is 18.3 Å². The van der Waals surface area contributed by atoms with E-state index in [1.165, 1.54) is 19.1 Å². The smallest absolute Gasteiger partial charge is 0.220 e. The number of nitrogens with one attached hydrogen (secondary N) is 1. The third-order valence-electron chi connectivity index (χ3n) is 6.04. The molecule has 0 spiro atoms. The maximum atomic E-state index is 12.3. The van der Waals surface area contributed by atoms with Crippen molar-refractivity contribution in [2.45, 2.75) is 30.4 Å². The molecule has 1 saturated heterocycles. The summed E-state index contributed by atoms with van der Waals surface area (Å²) in [5, 5.41) is 10.3. The van der Waals surface area contributed by atoms with Gasteiger partial charge in [0, 0.05) is 37.6 Å². The maximum Gasteiger partial charge on any atom is 0.220 e. The SMILES string of the molecule is CC(=O)N1C[C@@H](O)C[C@@H]1c1cc2[nH]c(-c3ccccn3)nc2cc1Oc1ccc(S(C)(=O)=O)cc1. The first-order valence-electron chi connectivity index (χ1n) is 11.1. The molecule has 9 nitrogen and oxygen atoms in total. The molecule has 0 bridgehead atoms. The molecule has 0 unspecified atom stereocenters. The Labute approximate surface area is 202 Å². The van der Waals surface area contributed by atoms with E-state index in [4.69, 9.17) is 4.74 Å². The standard InChI is InChI=1S/C25H24N4O5S/c1-15(30)29-14-16(31)11-23(29)19-12-21-22(28-25(27-21)20-5-3-4-10-26-20)13-24(19)34-17-6-8-18(9-7-17)35(2,32)33/h3-10,12-13,16,23,31H,11,14H2,1-2H3,(H,27,28)/t16-,23+/m0/s1. The van der Waals surface area contributed by atoms with Gasteiger partial charge in [0.1, 0.15) is 17.2 Å². The molecule has 180 valence electrons. The van der Waals surface area contributed by atoms with Crippen molar-refractivity contribution in [3.8, 4) is 23.0 Å². The molecule has 2 aromatic heterocycles. The average Bonchev–Trinajstić information content (AvgIpc) is 3.42. The third kappa shape index (κ3) is 4.62. The van der Waals surface area contributed by atoms with Gasteiger partial charge in [-0.15, -0.1) is 0 Å². The molecular formula is C25H24N4O5S. The minimum Gasteiger partial charge on any atom is -0.457 e. The molecule has 1 aliphatic heterocycles. The van der Waals surface area contributed by atoms with Gasteiger partial charge in [0.25, 0.3) is 0 Å². The Hall–Kier alpha value is -3.76. The first-order chi connectivity index (χ1) is 16.7. The summed E-state index contributed by atoms with van der Waals surface area (Å²) in [6.07, 6.45) is 2.56. The van der Waals surface area contributed by atoms with Gasteiger partial charge in [-0.2, -0.15) is 0 Å². The van der Waals surface area contributed by atoms with Gasteiger partial charge in [0.05, 0.1) is 28.1 Å². The zero-order valence-corrected chi connectivity index (χ0v) is 20.0. The van der Waals surface area contributed by atoms with Crippen LogP contribution in [0, 0.1) is 0 Å². The van der Waals surface area contributed by atoms with Crippen LogP contribution in [0.15, 0.2) is 65.7 Å². The number of aliphatic hydroxyl groups excluding tert-OH is 1. The Balaban J connectivity index is 1.60. The monoisotopic (exact) mass is 492 g/mol. The summed E-state index contributed by atoms with van der Waals surface area (Å²) < 4.78 is 29.8. The van der Waals surface area contributed by atoms with Gasteiger partial charge in [0.15, 0.2) is 15.7 Å². The number of H-pyrrole nitrogens is 1. The highest BCUT2D eigenvalue weighted by Crippen LogP contribution is 2.41. The molecule has 2 atom stereocenters. The summed E-state index contributed by atoms with van der Waals surface area (Å²) in [6, 6.07) is 15.0. The molecule has 0 radical (unpaired) electrons. The van der Waals surface area contributed by atoms with Gasteiger partial charge in [-0.25, -0.2) is 13.4 Å². The number of aromatic nitrogens is 3. The molecule has 1 fully saturated rings. The lowest BCUT2D eigenvalue weighted by Gasteiger charge is -2.25. The van der Waals surface area contributed by atoms with Gasteiger partial charge in [-0.1, -0.05) is 6.07 Å². The number of aliphatic hydroxyl groups is 1. The predicted octanol–water partition coefficient (Wildman–Crippen LogP) is 3.47. The second kappa shape index (κ2) is 8.79. The number of amides is 1. The number of aromatic amines is 1. The van der Waals surface area contributed by atoms with Crippen LogP contribution in [-0.4, -0.2) is 58.2 Å². The third-order valence-corrected chi connectivity index (χ3v) is 7.17. The maximum absolute atomic E-state index is 12.3. The zero-order chi connectivity index (χ0) is 24.7. The Morgan fingerprint density at radius 2 is 1.94 bits per heavy atom.